The maximum absolute atomic E-state index is 12.9. The molecule has 0 aliphatic carbocycles. The third-order valence-corrected chi connectivity index (χ3v) is 5.85. The largest absolute Gasteiger partial charge is 0.325 e. The zero-order valence-electron chi connectivity index (χ0n) is 16.5. The Balaban J connectivity index is 1.59. The van der Waals surface area contributed by atoms with Crippen molar-refractivity contribution >= 4 is 23.2 Å². The van der Waals surface area contributed by atoms with Crippen molar-refractivity contribution in [2.75, 3.05) is 18.4 Å². The van der Waals surface area contributed by atoms with Gasteiger partial charge in [-0.15, -0.1) is 0 Å². The number of halogens is 1. The van der Waals surface area contributed by atoms with Crippen LogP contribution in [0.3, 0.4) is 0 Å². The molecule has 3 rings (SSSR count). The molecule has 0 unspecified atom stereocenters. The second kappa shape index (κ2) is 8.90. The molecule has 0 radical (unpaired) electrons. The van der Waals surface area contributed by atoms with E-state index in [2.05, 4.69) is 55.3 Å². The normalized spacial score (nSPS) is 15.9. The molecular weight excluding hydrogens is 356 g/mol. The number of piperidine rings is 1. The molecular formula is C23H29ClN2O. The monoisotopic (exact) mass is 384 g/mol. The van der Waals surface area contributed by atoms with Gasteiger partial charge >= 0.3 is 0 Å². The molecule has 4 heteroatoms. The molecule has 2 aromatic rings. The van der Waals surface area contributed by atoms with Crippen molar-refractivity contribution in [1.82, 2.24) is 4.90 Å². The molecule has 1 aliphatic heterocycles. The maximum atomic E-state index is 12.9. The highest BCUT2D eigenvalue weighted by Gasteiger charge is 2.26. The number of nitrogens with zero attached hydrogens (tertiary/aromatic N) is 1. The fourth-order valence-corrected chi connectivity index (χ4v) is 3.98. The number of nitrogens with one attached hydrogen (secondary N) is 1. The lowest BCUT2D eigenvalue weighted by Crippen LogP contribution is -2.38. The Labute approximate surface area is 167 Å². The zero-order chi connectivity index (χ0) is 19.4. The number of carbonyl (C=O) groups is 1. The van der Waals surface area contributed by atoms with Gasteiger partial charge in [0.05, 0.1) is 0 Å². The number of aryl methyl sites for hydroxylation is 1. The molecule has 0 bridgehead atoms. The van der Waals surface area contributed by atoms with Crippen LogP contribution < -0.4 is 5.32 Å². The number of hydrogen-bond donors (Lipinski definition) is 1. The van der Waals surface area contributed by atoms with Crippen molar-refractivity contribution < 1.29 is 4.79 Å². The molecule has 1 heterocycles. The van der Waals surface area contributed by atoms with Crippen LogP contribution in [0.25, 0.3) is 0 Å². The van der Waals surface area contributed by atoms with Gasteiger partial charge in [0.1, 0.15) is 0 Å². The van der Waals surface area contributed by atoms with Gasteiger partial charge in [0.2, 0.25) is 5.91 Å². The van der Waals surface area contributed by atoms with Crippen LogP contribution in [-0.4, -0.2) is 23.9 Å². The average Bonchev–Trinajstić information content (AvgIpc) is 2.65. The molecule has 0 atom stereocenters. The van der Waals surface area contributed by atoms with Crippen molar-refractivity contribution in [3.05, 3.63) is 64.2 Å². The zero-order valence-corrected chi connectivity index (χ0v) is 17.2. The second-order valence-corrected chi connectivity index (χ2v) is 8.23. The van der Waals surface area contributed by atoms with E-state index in [9.17, 15) is 4.79 Å². The summed E-state index contributed by atoms with van der Waals surface area (Å²) in [6.45, 7) is 9.09. The van der Waals surface area contributed by atoms with Crippen LogP contribution in [0.4, 0.5) is 5.69 Å². The van der Waals surface area contributed by atoms with Gasteiger partial charge in [-0.1, -0.05) is 61.8 Å². The van der Waals surface area contributed by atoms with Crippen molar-refractivity contribution in [3.63, 3.8) is 0 Å². The minimum atomic E-state index is 0.0760. The first-order valence-corrected chi connectivity index (χ1v) is 10.2. The lowest BCUT2D eigenvalue weighted by Gasteiger charge is -2.31. The van der Waals surface area contributed by atoms with E-state index in [4.69, 9.17) is 11.6 Å². The highest BCUT2D eigenvalue weighted by Crippen LogP contribution is 2.29. The first-order valence-electron chi connectivity index (χ1n) is 9.82. The molecule has 1 N–H and O–H groups in total. The number of hydrogen-bond acceptors (Lipinski definition) is 2. The van der Waals surface area contributed by atoms with E-state index in [0.717, 1.165) is 54.3 Å². The Kier molecular flexibility index (Phi) is 6.56. The third-order valence-electron chi connectivity index (χ3n) is 5.49. The van der Waals surface area contributed by atoms with E-state index in [1.165, 1.54) is 5.56 Å². The Morgan fingerprint density at radius 1 is 1.15 bits per heavy atom. The summed E-state index contributed by atoms with van der Waals surface area (Å²) in [6, 6.07) is 14.2. The predicted molar refractivity (Wildman–Crippen MR) is 113 cm³/mol. The van der Waals surface area contributed by atoms with Gasteiger partial charge in [-0.2, -0.15) is 0 Å². The van der Waals surface area contributed by atoms with E-state index in [1.807, 2.05) is 18.2 Å². The molecule has 1 amide bonds. The Morgan fingerprint density at radius 2 is 1.85 bits per heavy atom. The minimum Gasteiger partial charge on any atom is -0.325 e. The SMILES string of the molecule is Cc1cccc(C(C)C)c1NC(=O)C1CCN(Cc2ccccc2Cl)CC1. The highest BCUT2D eigenvalue weighted by atomic mass is 35.5. The van der Waals surface area contributed by atoms with Crippen molar-refractivity contribution in [3.8, 4) is 0 Å². The van der Waals surface area contributed by atoms with Gasteiger partial charge < -0.3 is 5.32 Å². The summed E-state index contributed by atoms with van der Waals surface area (Å²) in [7, 11) is 0. The Morgan fingerprint density at radius 3 is 2.52 bits per heavy atom. The standard InChI is InChI=1S/C23H29ClN2O/c1-16(2)20-9-6-7-17(3)22(20)25-23(27)18-11-13-26(14-12-18)15-19-8-4-5-10-21(19)24/h4-10,16,18H,11-15H2,1-3H3,(H,25,27). The number of anilines is 1. The van der Waals surface area contributed by atoms with Crippen molar-refractivity contribution in [2.24, 2.45) is 5.92 Å². The molecule has 1 fully saturated rings. The summed E-state index contributed by atoms with van der Waals surface area (Å²) in [5.74, 6) is 0.619. The summed E-state index contributed by atoms with van der Waals surface area (Å²) in [5.41, 5.74) is 4.49. The van der Waals surface area contributed by atoms with Gasteiger partial charge in [-0.25, -0.2) is 0 Å². The van der Waals surface area contributed by atoms with Gasteiger partial charge in [0, 0.05) is 23.2 Å². The molecule has 3 nitrogen and oxygen atoms in total. The fourth-order valence-electron chi connectivity index (χ4n) is 3.79. The predicted octanol–water partition coefficient (Wildman–Crippen LogP) is 5.62. The molecule has 1 saturated heterocycles. The van der Waals surface area contributed by atoms with Gasteiger partial charge in [-0.05, 0) is 61.5 Å². The van der Waals surface area contributed by atoms with Gasteiger partial charge in [-0.3, -0.25) is 9.69 Å². The van der Waals surface area contributed by atoms with Crippen molar-refractivity contribution in [2.45, 2.75) is 46.1 Å². The lowest BCUT2D eigenvalue weighted by molar-refractivity contribution is -0.121. The van der Waals surface area contributed by atoms with Crippen molar-refractivity contribution in [1.29, 1.82) is 0 Å². The number of para-hydroxylation sites is 1. The van der Waals surface area contributed by atoms with E-state index >= 15 is 0 Å². The first kappa shape index (κ1) is 19.9. The summed E-state index contributed by atoms with van der Waals surface area (Å²) in [6.07, 6.45) is 1.78. The van der Waals surface area contributed by atoms with Gasteiger partial charge in [0.15, 0.2) is 0 Å². The van der Waals surface area contributed by atoms with E-state index < -0.39 is 0 Å². The van der Waals surface area contributed by atoms with Crippen LogP contribution >= 0.6 is 11.6 Å². The Hall–Kier alpha value is -1.84. The number of likely N-dealkylation sites (tertiary alicyclic amines) is 1. The average molecular weight is 385 g/mol. The summed E-state index contributed by atoms with van der Waals surface area (Å²) in [4.78, 5) is 15.3. The van der Waals surface area contributed by atoms with E-state index in [0.29, 0.717) is 5.92 Å². The van der Waals surface area contributed by atoms with Crippen LogP contribution in [0, 0.1) is 12.8 Å². The summed E-state index contributed by atoms with van der Waals surface area (Å²) in [5, 5.41) is 4.04. The van der Waals surface area contributed by atoms with E-state index in [-0.39, 0.29) is 11.8 Å². The van der Waals surface area contributed by atoms with Crippen LogP contribution in [-0.2, 0) is 11.3 Å². The highest BCUT2D eigenvalue weighted by molar-refractivity contribution is 6.31. The molecule has 0 saturated carbocycles. The number of amides is 1. The summed E-state index contributed by atoms with van der Waals surface area (Å²) >= 11 is 6.28. The third kappa shape index (κ3) is 4.91. The minimum absolute atomic E-state index is 0.0760. The quantitative estimate of drug-likeness (QED) is 0.725. The lowest BCUT2D eigenvalue weighted by atomic mass is 9.94. The van der Waals surface area contributed by atoms with E-state index in [1.54, 1.807) is 0 Å². The number of benzene rings is 2. The topological polar surface area (TPSA) is 32.3 Å². The van der Waals surface area contributed by atoms with Crippen LogP contribution in [0.1, 0.15) is 49.3 Å². The molecule has 0 spiro atoms. The fraction of sp³-hybridized carbons (Fsp3) is 0.435. The molecule has 144 valence electrons. The van der Waals surface area contributed by atoms with Crippen LogP contribution in [0.2, 0.25) is 5.02 Å². The second-order valence-electron chi connectivity index (χ2n) is 7.82. The van der Waals surface area contributed by atoms with Gasteiger partial charge in [0.25, 0.3) is 0 Å². The smallest absolute Gasteiger partial charge is 0.227 e. The molecule has 0 aromatic heterocycles. The molecule has 1 aliphatic rings. The first-order chi connectivity index (χ1) is 13.0. The molecule has 27 heavy (non-hydrogen) atoms. The maximum Gasteiger partial charge on any atom is 0.227 e. The van der Waals surface area contributed by atoms with Crippen LogP contribution in [0.15, 0.2) is 42.5 Å². The number of rotatable bonds is 5. The molecule has 2 aromatic carbocycles. The number of carbonyl (C=O) groups excluding carboxylic acids is 1. The summed E-state index contributed by atoms with van der Waals surface area (Å²) < 4.78 is 0. The Bertz CT molecular complexity index is 795. The van der Waals surface area contributed by atoms with Crippen LogP contribution in [0.5, 0.6) is 0 Å².